The van der Waals surface area contributed by atoms with E-state index in [1.807, 2.05) is 43.0 Å². The smallest absolute Gasteiger partial charge is 0.254 e. The summed E-state index contributed by atoms with van der Waals surface area (Å²) >= 11 is 6.35. The minimum atomic E-state index is -0.0559. The zero-order valence-corrected chi connectivity index (χ0v) is 17.3. The molecule has 2 aromatic carbocycles. The van der Waals surface area contributed by atoms with Gasteiger partial charge in [0.25, 0.3) is 5.91 Å². The highest BCUT2D eigenvalue weighted by molar-refractivity contribution is 6.32. The normalized spacial score (nSPS) is 16.1. The number of halogens is 1. The number of nitrogens with zero attached hydrogens (tertiary/aromatic N) is 1. The fourth-order valence-corrected chi connectivity index (χ4v) is 3.87. The molecule has 1 aliphatic heterocycles. The van der Waals surface area contributed by atoms with Gasteiger partial charge in [0.15, 0.2) is 11.5 Å². The monoisotopic (exact) mass is 403 g/mol. The number of carbonyl (C=O) groups is 1. The zero-order chi connectivity index (χ0) is 20.1. The first-order valence-electron chi connectivity index (χ1n) is 9.63. The van der Waals surface area contributed by atoms with E-state index in [1.165, 1.54) is 0 Å². The Morgan fingerprint density at radius 1 is 1.14 bits per heavy atom. The van der Waals surface area contributed by atoms with Crippen LogP contribution in [0.4, 0.5) is 0 Å². The van der Waals surface area contributed by atoms with Crippen molar-refractivity contribution in [2.24, 2.45) is 0 Å². The summed E-state index contributed by atoms with van der Waals surface area (Å²) in [5.74, 6) is 1.71. The largest absolute Gasteiger partial charge is 0.494 e. The van der Waals surface area contributed by atoms with Gasteiger partial charge >= 0.3 is 0 Å². The summed E-state index contributed by atoms with van der Waals surface area (Å²) in [6.45, 7) is 5.65. The average Bonchev–Trinajstić information content (AvgIpc) is 3.19. The first-order valence-corrected chi connectivity index (χ1v) is 10.0. The van der Waals surface area contributed by atoms with E-state index in [0.29, 0.717) is 41.8 Å². The molecule has 1 atom stereocenters. The van der Waals surface area contributed by atoms with Crippen molar-refractivity contribution in [2.75, 3.05) is 26.9 Å². The van der Waals surface area contributed by atoms with Crippen LogP contribution in [0.5, 0.6) is 17.2 Å². The molecular formula is C22H26ClNO4. The Balaban J connectivity index is 1.85. The maximum atomic E-state index is 13.2. The SMILES string of the molecule is CCOc1ccc(C2CCCN2C(=O)c2cc(Cl)c(OCC)c(OC)c2)cc1. The molecule has 0 radical (unpaired) electrons. The topological polar surface area (TPSA) is 48.0 Å². The number of amides is 1. The van der Waals surface area contributed by atoms with E-state index in [0.717, 1.165) is 24.2 Å². The molecule has 5 nitrogen and oxygen atoms in total. The lowest BCUT2D eigenvalue weighted by Gasteiger charge is -2.26. The van der Waals surface area contributed by atoms with Gasteiger partial charge in [-0.25, -0.2) is 0 Å². The van der Waals surface area contributed by atoms with E-state index >= 15 is 0 Å². The van der Waals surface area contributed by atoms with Gasteiger partial charge in [0, 0.05) is 12.1 Å². The summed E-state index contributed by atoms with van der Waals surface area (Å²) in [4.78, 5) is 15.1. The van der Waals surface area contributed by atoms with E-state index < -0.39 is 0 Å². The van der Waals surface area contributed by atoms with Crippen LogP contribution in [-0.2, 0) is 0 Å². The molecule has 1 heterocycles. The number of carbonyl (C=O) groups excluding carboxylic acids is 1. The predicted molar refractivity (Wildman–Crippen MR) is 110 cm³/mol. The lowest BCUT2D eigenvalue weighted by atomic mass is 10.0. The molecule has 0 spiro atoms. The van der Waals surface area contributed by atoms with Crippen LogP contribution < -0.4 is 14.2 Å². The Kier molecular flexibility index (Phi) is 6.68. The number of hydrogen-bond donors (Lipinski definition) is 0. The maximum absolute atomic E-state index is 13.2. The molecule has 1 saturated heterocycles. The number of benzene rings is 2. The fraction of sp³-hybridized carbons (Fsp3) is 0.409. The lowest BCUT2D eigenvalue weighted by Crippen LogP contribution is -2.30. The average molecular weight is 404 g/mol. The van der Waals surface area contributed by atoms with Crippen LogP contribution in [-0.4, -0.2) is 37.7 Å². The second-order valence-electron chi connectivity index (χ2n) is 6.58. The van der Waals surface area contributed by atoms with Crippen LogP contribution in [0.1, 0.15) is 48.7 Å². The third-order valence-electron chi connectivity index (χ3n) is 4.85. The zero-order valence-electron chi connectivity index (χ0n) is 16.5. The van der Waals surface area contributed by atoms with E-state index in [-0.39, 0.29) is 11.9 Å². The molecule has 0 aliphatic carbocycles. The van der Waals surface area contributed by atoms with Crippen molar-refractivity contribution in [3.63, 3.8) is 0 Å². The second-order valence-corrected chi connectivity index (χ2v) is 6.99. The van der Waals surface area contributed by atoms with Crippen molar-refractivity contribution in [3.8, 4) is 17.2 Å². The molecule has 1 fully saturated rings. The molecule has 3 rings (SSSR count). The quantitative estimate of drug-likeness (QED) is 0.643. The highest BCUT2D eigenvalue weighted by Crippen LogP contribution is 2.39. The summed E-state index contributed by atoms with van der Waals surface area (Å²) in [6, 6.07) is 11.4. The molecule has 0 N–H and O–H groups in total. The van der Waals surface area contributed by atoms with Crippen molar-refractivity contribution in [1.82, 2.24) is 4.90 Å². The van der Waals surface area contributed by atoms with Gasteiger partial charge < -0.3 is 19.1 Å². The molecule has 2 aromatic rings. The molecular weight excluding hydrogens is 378 g/mol. The van der Waals surface area contributed by atoms with Gasteiger partial charge in [-0.05, 0) is 56.5 Å². The van der Waals surface area contributed by atoms with Crippen LogP contribution >= 0.6 is 11.6 Å². The van der Waals surface area contributed by atoms with Crippen molar-refractivity contribution in [2.45, 2.75) is 32.7 Å². The first kappa shape index (κ1) is 20.3. The molecule has 1 unspecified atom stereocenters. The predicted octanol–water partition coefficient (Wildman–Crippen LogP) is 5.12. The van der Waals surface area contributed by atoms with E-state index in [4.69, 9.17) is 25.8 Å². The van der Waals surface area contributed by atoms with Crippen LogP contribution in [0, 0.1) is 0 Å². The summed E-state index contributed by atoms with van der Waals surface area (Å²) in [6.07, 6.45) is 1.90. The summed E-state index contributed by atoms with van der Waals surface area (Å²) in [5.41, 5.74) is 1.61. The Labute approximate surface area is 171 Å². The number of rotatable bonds is 7. The summed E-state index contributed by atoms with van der Waals surface area (Å²) in [5, 5.41) is 0.376. The molecule has 0 saturated carbocycles. The standard InChI is InChI=1S/C22H26ClNO4/c1-4-27-17-10-8-15(9-11-17)19-7-6-12-24(19)22(25)16-13-18(23)21(28-5-2)20(14-16)26-3/h8-11,13-14,19H,4-7,12H2,1-3H3. The Morgan fingerprint density at radius 3 is 2.50 bits per heavy atom. The van der Waals surface area contributed by atoms with E-state index in [2.05, 4.69) is 0 Å². The number of ether oxygens (including phenoxy) is 3. The number of hydrogen-bond acceptors (Lipinski definition) is 4. The number of methoxy groups -OCH3 is 1. The van der Waals surface area contributed by atoms with Gasteiger partial charge in [-0.1, -0.05) is 23.7 Å². The minimum absolute atomic E-state index is 0.0412. The highest BCUT2D eigenvalue weighted by Gasteiger charge is 2.31. The Morgan fingerprint density at radius 2 is 1.86 bits per heavy atom. The van der Waals surface area contributed by atoms with Crippen molar-refractivity contribution >= 4 is 17.5 Å². The molecule has 0 aromatic heterocycles. The van der Waals surface area contributed by atoms with Crippen molar-refractivity contribution < 1.29 is 19.0 Å². The van der Waals surface area contributed by atoms with E-state index in [1.54, 1.807) is 19.2 Å². The lowest BCUT2D eigenvalue weighted by molar-refractivity contribution is 0.0735. The summed E-state index contributed by atoms with van der Waals surface area (Å²) < 4.78 is 16.4. The van der Waals surface area contributed by atoms with E-state index in [9.17, 15) is 4.79 Å². The van der Waals surface area contributed by atoms with Crippen molar-refractivity contribution in [1.29, 1.82) is 0 Å². The highest BCUT2D eigenvalue weighted by atomic mass is 35.5. The van der Waals surface area contributed by atoms with Crippen LogP contribution in [0.3, 0.4) is 0 Å². The third kappa shape index (κ3) is 4.20. The van der Waals surface area contributed by atoms with Crippen LogP contribution in [0.25, 0.3) is 0 Å². The molecule has 28 heavy (non-hydrogen) atoms. The van der Waals surface area contributed by atoms with Crippen LogP contribution in [0.15, 0.2) is 36.4 Å². The first-order chi connectivity index (χ1) is 13.6. The van der Waals surface area contributed by atoms with Gasteiger partial charge in [-0.2, -0.15) is 0 Å². The Bertz CT molecular complexity index is 822. The second kappa shape index (κ2) is 9.20. The third-order valence-corrected chi connectivity index (χ3v) is 5.14. The van der Waals surface area contributed by atoms with Gasteiger partial charge in [0.05, 0.1) is 31.4 Å². The van der Waals surface area contributed by atoms with Gasteiger partial charge in [0.2, 0.25) is 0 Å². The van der Waals surface area contributed by atoms with Gasteiger partial charge in [0.1, 0.15) is 5.75 Å². The summed E-state index contributed by atoms with van der Waals surface area (Å²) in [7, 11) is 1.54. The minimum Gasteiger partial charge on any atom is -0.494 e. The Hall–Kier alpha value is -2.40. The fourth-order valence-electron chi connectivity index (χ4n) is 3.60. The molecule has 0 bridgehead atoms. The molecule has 1 aliphatic rings. The van der Waals surface area contributed by atoms with Gasteiger partial charge in [-0.3, -0.25) is 4.79 Å². The molecule has 1 amide bonds. The molecule has 150 valence electrons. The van der Waals surface area contributed by atoms with Gasteiger partial charge in [-0.15, -0.1) is 0 Å². The maximum Gasteiger partial charge on any atom is 0.254 e. The number of likely N-dealkylation sites (tertiary alicyclic amines) is 1. The van der Waals surface area contributed by atoms with Crippen molar-refractivity contribution in [3.05, 3.63) is 52.5 Å². The van der Waals surface area contributed by atoms with Crippen LogP contribution in [0.2, 0.25) is 5.02 Å². The molecule has 6 heteroatoms.